The molecule has 2 aromatic heterocycles. The van der Waals surface area contributed by atoms with E-state index in [-0.39, 0.29) is 40.6 Å². The van der Waals surface area contributed by atoms with E-state index in [1.807, 2.05) is 13.8 Å². The molecule has 3 heterocycles. The molecule has 5 rings (SSSR count). The third kappa shape index (κ3) is 6.85. The fourth-order valence-electron chi connectivity index (χ4n) is 4.93. The van der Waals surface area contributed by atoms with Crippen LogP contribution in [0.1, 0.15) is 51.2 Å². The SMILES string of the molecule is CC.COCC1(COc2nc3c4c(nc(-c5cc(N)c(F)c(C)c5C(F)(F)F)c(F)c4n2)OC(C)CCNCCN3)CC1. The van der Waals surface area contributed by atoms with E-state index in [0.717, 1.165) is 25.8 Å². The largest absolute Gasteiger partial charge is 0.474 e. The van der Waals surface area contributed by atoms with Crippen LogP contribution in [0.4, 0.5) is 33.5 Å². The molecular weight excluding hydrogens is 575 g/mol. The number of nitrogen functional groups attached to an aromatic ring is 1. The number of ether oxygens (including phenoxy) is 3. The van der Waals surface area contributed by atoms with Crippen LogP contribution < -0.4 is 25.8 Å². The molecular formula is C29H37F5N6O3. The van der Waals surface area contributed by atoms with Gasteiger partial charge in [0.1, 0.15) is 28.2 Å². The number of anilines is 2. The summed E-state index contributed by atoms with van der Waals surface area (Å²) in [5.41, 5.74) is 0.919. The molecule has 0 bridgehead atoms. The maximum Gasteiger partial charge on any atom is 0.417 e. The number of aromatic nitrogens is 3. The predicted octanol–water partition coefficient (Wildman–Crippen LogP) is 5.88. The molecule has 1 saturated carbocycles. The number of hydrogen-bond donors (Lipinski definition) is 3. The molecule has 1 unspecified atom stereocenters. The van der Waals surface area contributed by atoms with Crippen LogP contribution in [-0.4, -0.2) is 61.0 Å². The number of halogens is 5. The minimum Gasteiger partial charge on any atom is -0.474 e. The van der Waals surface area contributed by atoms with Crippen molar-refractivity contribution in [3.05, 3.63) is 28.8 Å². The van der Waals surface area contributed by atoms with Gasteiger partial charge in [0.15, 0.2) is 5.82 Å². The Balaban J connectivity index is 0.00000207. The van der Waals surface area contributed by atoms with Crippen molar-refractivity contribution in [1.82, 2.24) is 20.3 Å². The summed E-state index contributed by atoms with van der Waals surface area (Å²) in [6, 6.07) is 0.554. The highest BCUT2D eigenvalue weighted by Gasteiger charge is 2.44. The molecule has 1 aromatic carbocycles. The summed E-state index contributed by atoms with van der Waals surface area (Å²) < 4.78 is 90.7. The number of hydrogen-bond acceptors (Lipinski definition) is 9. The number of pyridine rings is 1. The molecule has 9 nitrogen and oxygen atoms in total. The van der Waals surface area contributed by atoms with E-state index >= 15 is 4.39 Å². The Morgan fingerprint density at radius 2 is 1.79 bits per heavy atom. The lowest BCUT2D eigenvalue weighted by Gasteiger charge is -2.21. The molecule has 0 spiro atoms. The molecule has 1 aliphatic carbocycles. The standard InChI is InChI=1S/C27H31F5N6O3.C2H6/c1-13-4-7-34-8-9-35-23-17-22(37-25(38-23)40-12-26(5-6-26)11-39-3)20(29)21(36-24(17)41-13)15-10-16(33)19(28)14(2)18(15)27(30,31)32;1-2/h10,13,34H,4-9,11-12,33H2,1-3H3,(H,35,37,38);1-2H3. The molecule has 2 aliphatic rings. The van der Waals surface area contributed by atoms with Gasteiger partial charge >= 0.3 is 12.2 Å². The molecule has 14 heteroatoms. The van der Waals surface area contributed by atoms with Gasteiger partial charge in [0.05, 0.1) is 30.6 Å². The number of benzene rings is 1. The summed E-state index contributed by atoms with van der Waals surface area (Å²) in [5, 5.41) is 6.40. The number of nitrogens with two attached hydrogens (primary N) is 1. The predicted molar refractivity (Wildman–Crippen MR) is 153 cm³/mol. The average Bonchev–Trinajstić information content (AvgIpc) is 3.73. The highest BCUT2D eigenvalue weighted by atomic mass is 19.4. The number of alkyl halides is 3. The Kier molecular flexibility index (Phi) is 9.79. The Morgan fingerprint density at radius 1 is 1.07 bits per heavy atom. The molecule has 1 atom stereocenters. The molecule has 43 heavy (non-hydrogen) atoms. The second-order valence-electron chi connectivity index (χ2n) is 10.6. The number of nitrogens with one attached hydrogen (secondary N) is 2. The van der Waals surface area contributed by atoms with Crippen LogP contribution in [0.25, 0.3) is 22.2 Å². The summed E-state index contributed by atoms with van der Waals surface area (Å²) in [6.07, 6.45) is -3.22. The zero-order valence-corrected chi connectivity index (χ0v) is 24.8. The van der Waals surface area contributed by atoms with Crippen molar-refractivity contribution >= 4 is 22.4 Å². The minimum atomic E-state index is -5.04. The van der Waals surface area contributed by atoms with Gasteiger partial charge in [-0.2, -0.15) is 23.1 Å². The van der Waals surface area contributed by atoms with Crippen molar-refractivity contribution in [2.24, 2.45) is 5.41 Å². The van der Waals surface area contributed by atoms with Crippen molar-refractivity contribution in [3.8, 4) is 23.1 Å². The number of methoxy groups -OCH3 is 1. The maximum atomic E-state index is 16.4. The van der Waals surface area contributed by atoms with Gasteiger partial charge in [-0.1, -0.05) is 13.8 Å². The first-order valence-corrected chi connectivity index (χ1v) is 14.2. The number of nitrogens with zero attached hydrogens (tertiary/aromatic N) is 3. The first kappa shape index (κ1) is 32.4. The highest BCUT2D eigenvalue weighted by molar-refractivity contribution is 5.96. The zero-order chi connectivity index (χ0) is 31.5. The lowest BCUT2D eigenvalue weighted by molar-refractivity contribution is -0.137. The van der Waals surface area contributed by atoms with Gasteiger partial charge in [-0.3, -0.25) is 0 Å². The lowest BCUT2D eigenvalue weighted by atomic mass is 9.96. The molecule has 0 radical (unpaired) electrons. The van der Waals surface area contributed by atoms with Crippen LogP contribution in [0.15, 0.2) is 6.07 Å². The van der Waals surface area contributed by atoms with Gasteiger partial charge in [-0.25, -0.2) is 13.8 Å². The Bertz CT molecular complexity index is 1470. The van der Waals surface area contributed by atoms with Crippen molar-refractivity contribution in [2.45, 2.75) is 59.2 Å². The van der Waals surface area contributed by atoms with E-state index in [0.29, 0.717) is 32.7 Å². The monoisotopic (exact) mass is 612 g/mol. The third-order valence-corrected chi connectivity index (χ3v) is 7.35. The van der Waals surface area contributed by atoms with Crippen LogP contribution in [0.3, 0.4) is 0 Å². The summed E-state index contributed by atoms with van der Waals surface area (Å²) in [5.74, 6) is -2.45. The van der Waals surface area contributed by atoms with Gasteiger partial charge in [0.2, 0.25) is 5.88 Å². The first-order chi connectivity index (χ1) is 20.4. The fraction of sp³-hybridized carbons (Fsp3) is 0.552. The van der Waals surface area contributed by atoms with Gasteiger partial charge in [0.25, 0.3) is 0 Å². The molecule has 0 amide bonds. The highest BCUT2D eigenvalue weighted by Crippen LogP contribution is 2.47. The first-order valence-electron chi connectivity index (χ1n) is 14.2. The van der Waals surface area contributed by atoms with Gasteiger partial charge in [-0.05, 0) is 51.3 Å². The zero-order valence-electron chi connectivity index (χ0n) is 24.8. The Morgan fingerprint density at radius 3 is 2.44 bits per heavy atom. The Labute approximate surface area is 246 Å². The fourth-order valence-corrected chi connectivity index (χ4v) is 4.93. The van der Waals surface area contributed by atoms with Crippen molar-refractivity contribution < 1.29 is 36.2 Å². The van der Waals surface area contributed by atoms with Crippen LogP contribution in [0, 0.1) is 24.0 Å². The van der Waals surface area contributed by atoms with E-state index in [9.17, 15) is 17.6 Å². The molecule has 0 saturated heterocycles. The van der Waals surface area contributed by atoms with Crippen molar-refractivity contribution in [3.63, 3.8) is 0 Å². The smallest absolute Gasteiger partial charge is 0.417 e. The van der Waals surface area contributed by atoms with E-state index < -0.39 is 52.0 Å². The van der Waals surface area contributed by atoms with E-state index in [1.54, 1.807) is 14.0 Å². The van der Waals surface area contributed by atoms with Gasteiger partial charge in [0, 0.05) is 31.2 Å². The molecule has 3 aromatic rings. The van der Waals surface area contributed by atoms with Crippen LogP contribution in [0.5, 0.6) is 11.9 Å². The summed E-state index contributed by atoms with van der Waals surface area (Å²) in [7, 11) is 1.58. The van der Waals surface area contributed by atoms with Gasteiger partial charge in [-0.15, -0.1) is 0 Å². The van der Waals surface area contributed by atoms with Gasteiger partial charge < -0.3 is 30.6 Å². The minimum absolute atomic E-state index is 0.0470. The van der Waals surface area contributed by atoms with Crippen LogP contribution in [-0.2, 0) is 10.9 Å². The summed E-state index contributed by atoms with van der Waals surface area (Å²) >= 11 is 0. The summed E-state index contributed by atoms with van der Waals surface area (Å²) in [6.45, 7) is 8.89. The third-order valence-electron chi connectivity index (χ3n) is 7.35. The maximum absolute atomic E-state index is 16.4. The summed E-state index contributed by atoms with van der Waals surface area (Å²) in [4.78, 5) is 12.9. The normalized spacial score (nSPS) is 18.0. The second-order valence-corrected chi connectivity index (χ2v) is 10.6. The van der Waals surface area contributed by atoms with E-state index in [4.69, 9.17) is 19.9 Å². The number of rotatable bonds is 6. The van der Waals surface area contributed by atoms with Crippen LogP contribution in [0.2, 0.25) is 0 Å². The molecule has 4 N–H and O–H groups in total. The quantitative estimate of drug-likeness (QED) is 0.232. The molecule has 1 aliphatic heterocycles. The van der Waals surface area contributed by atoms with E-state index in [1.165, 1.54) is 0 Å². The molecule has 236 valence electrons. The van der Waals surface area contributed by atoms with Crippen molar-refractivity contribution in [2.75, 3.05) is 51.0 Å². The Hall–Kier alpha value is -3.52. The second kappa shape index (κ2) is 13.0. The van der Waals surface area contributed by atoms with Crippen LogP contribution >= 0.6 is 0 Å². The van der Waals surface area contributed by atoms with E-state index in [2.05, 4.69) is 25.6 Å². The molecule has 1 fully saturated rings. The topological polar surface area (TPSA) is 116 Å². The van der Waals surface area contributed by atoms with Crippen molar-refractivity contribution in [1.29, 1.82) is 0 Å². The lowest BCUT2D eigenvalue weighted by Crippen LogP contribution is -2.26. The average molecular weight is 613 g/mol.